The fraction of sp³-hybridized carbons (Fsp3) is 1.00. The molecule has 16 heavy (non-hydrogen) atoms. The van der Waals surface area contributed by atoms with Gasteiger partial charge in [-0.25, -0.2) is 0 Å². The number of nitrogens with one attached hydrogen (secondary N) is 1. The second-order valence-electron chi connectivity index (χ2n) is 6.09. The molecular weight excluding hydrogens is 200 g/mol. The molecule has 0 atom stereocenters. The van der Waals surface area contributed by atoms with Crippen LogP contribution in [0.1, 0.15) is 39.5 Å². The van der Waals surface area contributed by atoms with E-state index in [4.69, 9.17) is 4.74 Å². The van der Waals surface area contributed by atoms with E-state index in [-0.39, 0.29) is 5.60 Å². The smallest absolute Gasteiger partial charge is 0.0749 e. The van der Waals surface area contributed by atoms with Crippen molar-refractivity contribution in [3.8, 4) is 0 Å². The minimum absolute atomic E-state index is 0.0167. The molecule has 1 aliphatic carbocycles. The maximum absolute atomic E-state index is 5.53. The Morgan fingerprint density at radius 2 is 2.00 bits per heavy atom. The minimum atomic E-state index is -0.0167. The highest BCUT2D eigenvalue weighted by molar-refractivity contribution is 4.98. The van der Waals surface area contributed by atoms with E-state index in [1.54, 1.807) is 0 Å². The summed E-state index contributed by atoms with van der Waals surface area (Å²) in [6, 6.07) is 0. The van der Waals surface area contributed by atoms with E-state index < -0.39 is 0 Å². The first-order valence-electron chi connectivity index (χ1n) is 6.58. The van der Waals surface area contributed by atoms with E-state index >= 15 is 0 Å². The highest BCUT2D eigenvalue weighted by Gasteiger charge is 2.38. The van der Waals surface area contributed by atoms with Crippen LogP contribution in [0.15, 0.2) is 0 Å². The second kappa shape index (κ2) is 4.63. The van der Waals surface area contributed by atoms with E-state index in [1.807, 2.05) is 7.11 Å². The molecule has 0 aromatic heterocycles. The summed E-state index contributed by atoms with van der Waals surface area (Å²) in [6.07, 6.45) is 5.51. The molecule has 0 aromatic carbocycles. The van der Waals surface area contributed by atoms with Gasteiger partial charge in [0.15, 0.2) is 0 Å². The van der Waals surface area contributed by atoms with Crippen molar-refractivity contribution in [1.82, 2.24) is 10.2 Å². The van der Waals surface area contributed by atoms with Crippen LogP contribution in [-0.2, 0) is 4.74 Å². The first-order chi connectivity index (χ1) is 7.55. The van der Waals surface area contributed by atoms with Crippen LogP contribution in [0.5, 0.6) is 0 Å². The SMILES string of the molecule is COC(C)(C)CN1CCNC2(CCCC2)C1. The van der Waals surface area contributed by atoms with Gasteiger partial charge in [0.2, 0.25) is 0 Å². The molecule has 2 rings (SSSR count). The summed E-state index contributed by atoms with van der Waals surface area (Å²) >= 11 is 0. The number of hydrogen-bond acceptors (Lipinski definition) is 3. The van der Waals surface area contributed by atoms with Crippen LogP contribution in [0.25, 0.3) is 0 Å². The highest BCUT2D eigenvalue weighted by atomic mass is 16.5. The highest BCUT2D eigenvalue weighted by Crippen LogP contribution is 2.32. The second-order valence-corrected chi connectivity index (χ2v) is 6.09. The molecule has 0 bridgehead atoms. The molecule has 3 nitrogen and oxygen atoms in total. The molecule has 1 N–H and O–H groups in total. The molecule has 0 radical (unpaired) electrons. The van der Waals surface area contributed by atoms with Gasteiger partial charge in [0.05, 0.1) is 5.60 Å². The number of rotatable bonds is 3. The Kier molecular flexibility index (Phi) is 3.57. The molecule has 2 fully saturated rings. The molecule has 2 aliphatic rings. The van der Waals surface area contributed by atoms with Gasteiger partial charge in [0.1, 0.15) is 0 Å². The summed E-state index contributed by atoms with van der Waals surface area (Å²) in [5, 5.41) is 3.75. The zero-order valence-electron chi connectivity index (χ0n) is 11.0. The lowest BCUT2D eigenvalue weighted by molar-refractivity contribution is -0.0200. The number of hydrogen-bond donors (Lipinski definition) is 1. The molecular formula is C13H26N2O. The summed E-state index contributed by atoms with van der Waals surface area (Å²) in [4.78, 5) is 2.57. The first kappa shape index (κ1) is 12.3. The van der Waals surface area contributed by atoms with Crippen molar-refractivity contribution in [3.63, 3.8) is 0 Å². The van der Waals surface area contributed by atoms with Crippen LogP contribution in [-0.4, -0.2) is 49.3 Å². The predicted molar refractivity (Wildman–Crippen MR) is 66.7 cm³/mol. The first-order valence-corrected chi connectivity index (χ1v) is 6.58. The molecule has 94 valence electrons. The van der Waals surface area contributed by atoms with Gasteiger partial charge in [-0.1, -0.05) is 12.8 Å². The zero-order chi connectivity index (χ0) is 11.6. The Hall–Kier alpha value is -0.120. The quantitative estimate of drug-likeness (QED) is 0.791. The van der Waals surface area contributed by atoms with Crippen molar-refractivity contribution in [2.75, 3.05) is 33.3 Å². The van der Waals surface area contributed by atoms with Crippen molar-refractivity contribution >= 4 is 0 Å². The summed E-state index contributed by atoms with van der Waals surface area (Å²) in [7, 11) is 1.81. The van der Waals surface area contributed by atoms with E-state index in [2.05, 4.69) is 24.1 Å². The van der Waals surface area contributed by atoms with Crippen LogP contribution < -0.4 is 5.32 Å². The van der Waals surface area contributed by atoms with Crippen molar-refractivity contribution in [2.24, 2.45) is 0 Å². The van der Waals surface area contributed by atoms with E-state index in [1.165, 1.54) is 32.2 Å². The number of ether oxygens (including phenoxy) is 1. The fourth-order valence-electron chi connectivity index (χ4n) is 3.17. The Balaban J connectivity index is 1.91. The Morgan fingerprint density at radius 1 is 1.31 bits per heavy atom. The lowest BCUT2D eigenvalue weighted by Crippen LogP contribution is -2.60. The van der Waals surface area contributed by atoms with Gasteiger partial charge in [-0.3, -0.25) is 4.90 Å². The molecule has 1 saturated heterocycles. The largest absolute Gasteiger partial charge is 0.377 e. The Morgan fingerprint density at radius 3 is 2.62 bits per heavy atom. The summed E-state index contributed by atoms with van der Waals surface area (Å²) < 4.78 is 5.53. The molecule has 1 aliphatic heterocycles. The fourth-order valence-corrected chi connectivity index (χ4v) is 3.17. The predicted octanol–water partition coefficient (Wildman–Crippen LogP) is 1.63. The third-order valence-corrected chi connectivity index (χ3v) is 4.17. The zero-order valence-corrected chi connectivity index (χ0v) is 11.0. The number of methoxy groups -OCH3 is 1. The van der Waals surface area contributed by atoms with Crippen molar-refractivity contribution < 1.29 is 4.74 Å². The lowest BCUT2D eigenvalue weighted by atomic mass is 9.93. The van der Waals surface area contributed by atoms with Gasteiger partial charge in [-0.15, -0.1) is 0 Å². The van der Waals surface area contributed by atoms with E-state index in [0.717, 1.165) is 19.6 Å². The summed E-state index contributed by atoms with van der Waals surface area (Å²) in [5.74, 6) is 0. The van der Waals surface area contributed by atoms with Crippen LogP contribution >= 0.6 is 0 Å². The topological polar surface area (TPSA) is 24.5 Å². The van der Waals surface area contributed by atoms with Crippen LogP contribution in [0, 0.1) is 0 Å². The van der Waals surface area contributed by atoms with Gasteiger partial charge < -0.3 is 10.1 Å². The summed E-state index contributed by atoms with van der Waals surface area (Å²) in [5.41, 5.74) is 0.416. The van der Waals surface area contributed by atoms with Crippen molar-refractivity contribution in [3.05, 3.63) is 0 Å². The van der Waals surface area contributed by atoms with Crippen LogP contribution in [0.4, 0.5) is 0 Å². The van der Waals surface area contributed by atoms with Gasteiger partial charge >= 0.3 is 0 Å². The molecule has 0 aromatic rings. The van der Waals surface area contributed by atoms with Crippen LogP contribution in [0.2, 0.25) is 0 Å². The van der Waals surface area contributed by atoms with Crippen LogP contribution in [0.3, 0.4) is 0 Å². The van der Waals surface area contributed by atoms with Crippen molar-refractivity contribution in [1.29, 1.82) is 0 Å². The number of piperazine rings is 1. The van der Waals surface area contributed by atoms with Gasteiger partial charge in [-0.2, -0.15) is 0 Å². The third kappa shape index (κ3) is 2.76. The van der Waals surface area contributed by atoms with Gasteiger partial charge in [0, 0.05) is 38.8 Å². The average Bonchev–Trinajstić information content (AvgIpc) is 2.66. The molecule has 1 spiro atoms. The molecule has 1 saturated carbocycles. The standard InChI is InChI=1S/C13H26N2O/c1-12(2,16-3)10-15-9-8-14-13(11-15)6-4-5-7-13/h14H,4-11H2,1-3H3. The van der Waals surface area contributed by atoms with E-state index in [9.17, 15) is 0 Å². The maximum Gasteiger partial charge on any atom is 0.0749 e. The number of nitrogens with zero attached hydrogens (tertiary/aromatic N) is 1. The summed E-state index contributed by atoms with van der Waals surface area (Å²) in [6.45, 7) is 8.91. The average molecular weight is 226 g/mol. The minimum Gasteiger partial charge on any atom is -0.377 e. The molecule has 0 unspecified atom stereocenters. The molecule has 1 heterocycles. The Labute approximate surface area is 99.5 Å². The molecule has 3 heteroatoms. The lowest BCUT2D eigenvalue weighted by Gasteiger charge is -2.43. The van der Waals surface area contributed by atoms with Gasteiger partial charge in [-0.05, 0) is 26.7 Å². The molecule has 0 amide bonds. The Bertz CT molecular complexity index is 234. The van der Waals surface area contributed by atoms with Gasteiger partial charge in [0.25, 0.3) is 0 Å². The maximum atomic E-state index is 5.53. The monoisotopic (exact) mass is 226 g/mol. The van der Waals surface area contributed by atoms with Crippen molar-refractivity contribution in [2.45, 2.75) is 50.7 Å². The van der Waals surface area contributed by atoms with E-state index in [0.29, 0.717) is 5.54 Å². The normalized spacial score (nSPS) is 26.4. The third-order valence-electron chi connectivity index (χ3n) is 4.17.